The van der Waals surface area contributed by atoms with E-state index in [0.29, 0.717) is 0 Å². The van der Waals surface area contributed by atoms with Gasteiger partial charge in [0.2, 0.25) is 5.13 Å². The molecular formula is C9H9N5O3S2. The molecule has 1 heterocycles. The highest BCUT2D eigenvalue weighted by molar-refractivity contribution is 7.90. The predicted octanol–water partition coefficient (Wildman–Crippen LogP) is 0.171. The zero-order chi connectivity index (χ0) is 14.0. The molecule has 2 aromatic rings. The third-order valence-electron chi connectivity index (χ3n) is 2.14. The minimum Gasteiger partial charge on any atom is -0.399 e. The largest absolute Gasteiger partial charge is 0.399 e. The second-order valence-electron chi connectivity index (χ2n) is 3.68. The molecule has 0 atom stereocenters. The highest BCUT2D eigenvalue weighted by atomic mass is 32.2. The first-order valence-corrected chi connectivity index (χ1v) is 7.60. The lowest BCUT2D eigenvalue weighted by atomic mass is 10.2. The van der Waals surface area contributed by atoms with Crippen LogP contribution in [0.1, 0.15) is 10.4 Å². The van der Waals surface area contributed by atoms with Gasteiger partial charge in [0.15, 0.2) is 9.84 Å². The number of anilines is 2. The topological polar surface area (TPSA) is 128 Å². The number of hydrogen-bond donors (Lipinski definition) is 2. The van der Waals surface area contributed by atoms with Crippen molar-refractivity contribution >= 4 is 38.1 Å². The summed E-state index contributed by atoms with van der Waals surface area (Å²) < 4.78 is 26.4. The van der Waals surface area contributed by atoms with Crippen molar-refractivity contribution in [2.45, 2.75) is 4.90 Å². The summed E-state index contributed by atoms with van der Waals surface area (Å²) in [7, 11) is -3.44. The smallest absolute Gasteiger partial charge is 0.257 e. The summed E-state index contributed by atoms with van der Waals surface area (Å²) in [5.41, 5.74) is 5.89. The van der Waals surface area contributed by atoms with E-state index in [2.05, 4.69) is 20.1 Å². The van der Waals surface area contributed by atoms with Crippen LogP contribution in [-0.2, 0) is 9.84 Å². The number of nitrogens with one attached hydrogen (secondary N) is 1. The number of nitrogens with zero attached hydrogens (tertiary/aromatic N) is 3. The molecule has 0 bridgehead atoms. The third kappa shape index (κ3) is 3.23. The van der Waals surface area contributed by atoms with E-state index in [1.165, 1.54) is 18.2 Å². The van der Waals surface area contributed by atoms with Gasteiger partial charge >= 0.3 is 0 Å². The second-order valence-corrected chi connectivity index (χ2v) is 6.43. The summed E-state index contributed by atoms with van der Waals surface area (Å²) >= 11 is 0.906. The molecule has 2 rings (SSSR count). The van der Waals surface area contributed by atoms with Gasteiger partial charge in [-0.15, -0.1) is 0 Å². The number of rotatable bonds is 3. The van der Waals surface area contributed by atoms with Crippen molar-refractivity contribution in [1.82, 2.24) is 14.8 Å². The number of nitrogens with two attached hydrogens (primary N) is 1. The standard InChI is InChI=1S/C9H9N5O3S2/c1-19(16,17)7-3-5(2-6(10)4-7)8(15)11-9-12-13-14-18-9/h2-4H,10H2,1H3,(H,11,12,14,15). The molecule has 8 nitrogen and oxygen atoms in total. The maximum absolute atomic E-state index is 11.9. The number of carbonyl (C=O) groups excluding carboxylic acids is 1. The summed E-state index contributed by atoms with van der Waals surface area (Å²) in [6.45, 7) is 0. The van der Waals surface area contributed by atoms with Gasteiger partial charge in [0, 0.05) is 29.0 Å². The Balaban J connectivity index is 2.35. The highest BCUT2D eigenvalue weighted by Gasteiger charge is 2.14. The molecule has 0 fully saturated rings. The first-order valence-electron chi connectivity index (χ1n) is 4.93. The molecule has 19 heavy (non-hydrogen) atoms. The van der Waals surface area contributed by atoms with E-state index in [4.69, 9.17) is 5.73 Å². The Morgan fingerprint density at radius 1 is 1.37 bits per heavy atom. The van der Waals surface area contributed by atoms with Crippen LogP contribution in [0.25, 0.3) is 0 Å². The van der Waals surface area contributed by atoms with Gasteiger partial charge in [0.1, 0.15) is 0 Å². The van der Waals surface area contributed by atoms with E-state index in [-0.39, 0.29) is 21.3 Å². The summed E-state index contributed by atoms with van der Waals surface area (Å²) in [6.07, 6.45) is 1.04. The fraction of sp³-hybridized carbons (Fsp3) is 0.111. The molecule has 0 aliphatic rings. The van der Waals surface area contributed by atoms with Gasteiger partial charge in [-0.05, 0) is 23.4 Å². The zero-order valence-electron chi connectivity index (χ0n) is 9.69. The lowest BCUT2D eigenvalue weighted by Crippen LogP contribution is -2.13. The van der Waals surface area contributed by atoms with Crippen LogP contribution >= 0.6 is 11.5 Å². The minimum atomic E-state index is -3.44. The van der Waals surface area contributed by atoms with Crippen molar-refractivity contribution in [3.05, 3.63) is 23.8 Å². The number of amides is 1. The molecule has 0 saturated carbocycles. The summed E-state index contributed by atoms with van der Waals surface area (Å²) in [4.78, 5) is 11.9. The van der Waals surface area contributed by atoms with Crippen LogP contribution in [0.15, 0.2) is 23.1 Å². The number of carbonyl (C=O) groups is 1. The first-order chi connectivity index (χ1) is 8.86. The molecule has 0 spiro atoms. The molecule has 0 aliphatic carbocycles. The minimum absolute atomic E-state index is 0.0203. The SMILES string of the molecule is CS(=O)(=O)c1cc(N)cc(C(=O)Nc2nnns2)c1. The van der Waals surface area contributed by atoms with Crippen molar-refractivity contribution < 1.29 is 13.2 Å². The van der Waals surface area contributed by atoms with Gasteiger partial charge in [-0.2, -0.15) is 0 Å². The van der Waals surface area contributed by atoms with Crippen LogP contribution in [0.2, 0.25) is 0 Å². The van der Waals surface area contributed by atoms with Gasteiger partial charge in [-0.25, -0.2) is 8.42 Å². The van der Waals surface area contributed by atoms with Crippen LogP contribution < -0.4 is 11.1 Å². The maximum Gasteiger partial charge on any atom is 0.257 e. The van der Waals surface area contributed by atoms with Gasteiger partial charge in [-0.1, -0.05) is 9.59 Å². The van der Waals surface area contributed by atoms with E-state index >= 15 is 0 Å². The maximum atomic E-state index is 11.9. The van der Waals surface area contributed by atoms with Crippen molar-refractivity contribution in [3.63, 3.8) is 0 Å². The number of benzene rings is 1. The molecule has 1 amide bonds. The lowest BCUT2D eigenvalue weighted by molar-refractivity contribution is 0.102. The number of aromatic nitrogens is 3. The van der Waals surface area contributed by atoms with Crippen molar-refractivity contribution in [1.29, 1.82) is 0 Å². The first kappa shape index (κ1) is 13.4. The normalized spacial score (nSPS) is 11.2. The van der Waals surface area contributed by atoms with Gasteiger partial charge in [-0.3, -0.25) is 10.1 Å². The summed E-state index contributed by atoms with van der Waals surface area (Å²) in [6, 6.07) is 3.91. The highest BCUT2D eigenvalue weighted by Crippen LogP contribution is 2.18. The molecule has 0 unspecified atom stereocenters. The molecule has 10 heteroatoms. The van der Waals surface area contributed by atoms with Gasteiger partial charge in [0.25, 0.3) is 5.91 Å². The van der Waals surface area contributed by atoms with Gasteiger partial charge < -0.3 is 5.73 Å². The summed E-state index contributed by atoms with van der Waals surface area (Å²) in [5.74, 6) is -0.532. The van der Waals surface area contributed by atoms with E-state index < -0.39 is 15.7 Å². The Labute approximate surface area is 112 Å². The summed E-state index contributed by atoms with van der Waals surface area (Å²) in [5, 5.41) is 9.53. The van der Waals surface area contributed by atoms with Crippen LogP contribution in [0, 0.1) is 0 Å². The number of sulfone groups is 1. The predicted molar refractivity (Wildman–Crippen MR) is 69.6 cm³/mol. The van der Waals surface area contributed by atoms with Gasteiger partial charge in [0.05, 0.1) is 4.90 Å². The fourth-order valence-corrected chi connectivity index (χ4v) is 2.37. The Hall–Kier alpha value is -2.07. The van der Waals surface area contributed by atoms with Crippen molar-refractivity contribution in [2.24, 2.45) is 0 Å². The molecule has 100 valence electrons. The average molecular weight is 299 g/mol. The van der Waals surface area contributed by atoms with E-state index in [0.717, 1.165) is 17.8 Å². The van der Waals surface area contributed by atoms with Crippen LogP contribution in [0.5, 0.6) is 0 Å². The van der Waals surface area contributed by atoms with E-state index in [9.17, 15) is 13.2 Å². The molecule has 0 radical (unpaired) electrons. The quantitative estimate of drug-likeness (QED) is 0.773. The number of hydrogen-bond acceptors (Lipinski definition) is 8. The van der Waals surface area contributed by atoms with Crippen LogP contribution in [0.3, 0.4) is 0 Å². The van der Waals surface area contributed by atoms with Crippen LogP contribution in [0.4, 0.5) is 10.8 Å². The van der Waals surface area contributed by atoms with E-state index in [1.807, 2.05) is 0 Å². The number of nitrogen functional groups attached to an aromatic ring is 1. The molecule has 0 saturated heterocycles. The van der Waals surface area contributed by atoms with Crippen LogP contribution in [-0.4, -0.2) is 35.4 Å². The fourth-order valence-electron chi connectivity index (χ4n) is 1.32. The average Bonchev–Trinajstić information content (AvgIpc) is 2.79. The second kappa shape index (κ2) is 4.90. The molecule has 1 aromatic carbocycles. The molecule has 0 aliphatic heterocycles. The Bertz CT molecular complexity index is 711. The Morgan fingerprint density at radius 3 is 2.68 bits per heavy atom. The molecular weight excluding hydrogens is 290 g/mol. The third-order valence-corrected chi connectivity index (χ3v) is 3.74. The molecule has 3 N–H and O–H groups in total. The van der Waals surface area contributed by atoms with E-state index in [1.54, 1.807) is 0 Å². The Kier molecular flexibility index (Phi) is 3.44. The zero-order valence-corrected chi connectivity index (χ0v) is 11.3. The monoisotopic (exact) mass is 299 g/mol. The van der Waals surface area contributed by atoms with Crippen molar-refractivity contribution in [2.75, 3.05) is 17.3 Å². The lowest BCUT2D eigenvalue weighted by Gasteiger charge is -2.05. The Morgan fingerprint density at radius 2 is 2.11 bits per heavy atom. The van der Waals surface area contributed by atoms with Crippen molar-refractivity contribution in [3.8, 4) is 0 Å². The molecule has 1 aromatic heterocycles.